The van der Waals surface area contributed by atoms with Crippen LogP contribution in [-0.2, 0) is 9.59 Å². The lowest BCUT2D eigenvalue weighted by Crippen LogP contribution is -2.45. The summed E-state index contributed by atoms with van der Waals surface area (Å²) in [4.78, 5) is 23.4. The minimum Gasteiger partial charge on any atom is -0.355 e. The van der Waals surface area contributed by atoms with Gasteiger partial charge in [-0.1, -0.05) is 17.8 Å². The van der Waals surface area contributed by atoms with Crippen molar-refractivity contribution in [2.75, 3.05) is 12.3 Å². The molecule has 2 aromatic heterocycles. The first-order valence-electron chi connectivity index (χ1n) is 6.61. The second kappa shape index (κ2) is 7.07. The first-order valence-corrected chi connectivity index (χ1v) is 7.60. The average Bonchev–Trinajstić information content (AvgIpc) is 2.88. The van der Waals surface area contributed by atoms with Crippen LogP contribution in [-0.4, -0.2) is 44.8 Å². The lowest BCUT2D eigenvalue weighted by atomic mass is 10.3. The number of nitrogens with one attached hydrogen (secondary N) is 2. The third-order valence-electron chi connectivity index (χ3n) is 2.74. The van der Waals surface area contributed by atoms with Crippen molar-refractivity contribution >= 4 is 29.2 Å². The van der Waals surface area contributed by atoms with E-state index in [2.05, 4.69) is 20.8 Å². The van der Waals surface area contributed by atoms with Crippen LogP contribution in [0.3, 0.4) is 0 Å². The van der Waals surface area contributed by atoms with Crippen LogP contribution in [0.4, 0.5) is 0 Å². The number of thioether (sulfide) groups is 1. The number of amides is 2. The van der Waals surface area contributed by atoms with Crippen LogP contribution < -0.4 is 10.6 Å². The normalized spacial score (nSPS) is 12.1. The number of nitrogens with zero attached hydrogens (tertiary/aromatic N) is 3. The van der Waals surface area contributed by atoms with E-state index in [9.17, 15) is 9.59 Å². The molecule has 2 N–H and O–H groups in total. The van der Waals surface area contributed by atoms with E-state index in [0.29, 0.717) is 11.7 Å². The number of pyridine rings is 1. The highest BCUT2D eigenvalue weighted by atomic mass is 32.2. The Kier molecular flexibility index (Phi) is 5.15. The monoisotopic (exact) mass is 307 g/mol. The van der Waals surface area contributed by atoms with Crippen molar-refractivity contribution in [3.05, 3.63) is 24.4 Å². The van der Waals surface area contributed by atoms with Crippen LogP contribution in [0.1, 0.15) is 13.8 Å². The van der Waals surface area contributed by atoms with Gasteiger partial charge < -0.3 is 10.6 Å². The molecule has 0 aromatic carbocycles. The largest absolute Gasteiger partial charge is 0.355 e. The van der Waals surface area contributed by atoms with Crippen molar-refractivity contribution < 1.29 is 9.59 Å². The molecule has 0 fully saturated rings. The third-order valence-corrected chi connectivity index (χ3v) is 3.68. The van der Waals surface area contributed by atoms with Gasteiger partial charge in [-0.2, -0.15) is 0 Å². The van der Waals surface area contributed by atoms with Crippen LogP contribution in [0.2, 0.25) is 0 Å². The van der Waals surface area contributed by atoms with Gasteiger partial charge in [0.25, 0.3) is 0 Å². The maximum absolute atomic E-state index is 11.8. The summed E-state index contributed by atoms with van der Waals surface area (Å²) in [6, 6.07) is 5.04. The SMILES string of the molecule is CCNC(=O)[C@@H](C)NC(=O)CSc1nnc2ccccn12. The summed E-state index contributed by atoms with van der Waals surface area (Å²) < 4.78 is 1.81. The number of likely N-dealkylation sites (N-methyl/N-ethyl adjacent to an activating group) is 1. The molecule has 2 heterocycles. The van der Waals surface area contributed by atoms with E-state index in [1.807, 2.05) is 35.7 Å². The Morgan fingerprint density at radius 2 is 2.19 bits per heavy atom. The van der Waals surface area contributed by atoms with Crippen molar-refractivity contribution in [1.82, 2.24) is 25.2 Å². The number of hydrogen-bond donors (Lipinski definition) is 2. The number of carbonyl (C=O) groups excluding carboxylic acids is 2. The molecule has 2 amide bonds. The van der Waals surface area contributed by atoms with Gasteiger partial charge in [0, 0.05) is 12.7 Å². The topological polar surface area (TPSA) is 88.4 Å². The van der Waals surface area contributed by atoms with Gasteiger partial charge in [-0.3, -0.25) is 14.0 Å². The third kappa shape index (κ3) is 3.94. The maximum Gasteiger partial charge on any atom is 0.242 e. The zero-order valence-corrected chi connectivity index (χ0v) is 12.7. The van der Waals surface area contributed by atoms with Gasteiger partial charge in [0.2, 0.25) is 11.8 Å². The number of aromatic nitrogens is 3. The van der Waals surface area contributed by atoms with Crippen molar-refractivity contribution in [2.24, 2.45) is 0 Å². The van der Waals surface area contributed by atoms with Crippen molar-refractivity contribution in [1.29, 1.82) is 0 Å². The molecule has 0 radical (unpaired) electrons. The fourth-order valence-electron chi connectivity index (χ4n) is 1.72. The van der Waals surface area contributed by atoms with Gasteiger partial charge >= 0.3 is 0 Å². The van der Waals surface area contributed by atoms with Gasteiger partial charge in [-0.25, -0.2) is 0 Å². The molecular weight excluding hydrogens is 290 g/mol. The Hall–Kier alpha value is -2.09. The van der Waals surface area contributed by atoms with Crippen molar-refractivity contribution in [2.45, 2.75) is 25.0 Å². The Bertz CT molecular complexity index is 642. The summed E-state index contributed by atoms with van der Waals surface area (Å²) in [5.74, 6) is -0.227. The van der Waals surface area contributed by atoms with E-state index in [-0.39, 0.29) is 17.6 Å². The molecule has 2 rings (SSSR count). The van der Waals surface area contributed by atoms with E-state index >= 15 is 0 Å². The minimum absolute atomic E-state index is 0.180. The van der Waals surface area contributed by atoms with Crippen LogP contribution >= 0.6 is 11.8 Å². The molecule has 112 valence electrons. The molecule has 2 aromatic rings. The summed E-state index contributed by atoms with van der Waals surface area (Å²) in [6.45, 7) is 4.03. The van der Waals surface area contributed by atoms with Gasteiger partial charge in [0.05, 0.1) is 5.75 Å². The second-order valence-electron chi connectivity index (χ2n) is 4.38. The molecule has 0 saturated heterocycles. The number of rotatable bonds is 6. The van der Waals surface area contributed by atoms with Crippen molar-refractivity contribution in [3.8, 4) is 0 Å². The molecule has 7 nitrogen and oxygen atoms in total. The lowest BCUT2D eigenvalue weighted by Gasteiger charge is -2.12. The molecule has 0 aliphatic heterocycles. The Morgan fingerprint density at radius 1 is 1.38 bits per heavy atom. The highest BCUT2D eigenvalue weighted by molar-refractivity contribution is 7.99. The number of hydrogen-bond acceptors (Lipinski definition) is 5. The molecule has 8 heteroatoms. The maximum atomic E-state index is 11.8. The van der Waals surface area contributed by atoms with E-state index < -0.39 is 6.04 Å². The smallest absolute Gasteiger partial charge is 0.242 e. The van der Waals surface area contributed by atoms with Crippen LogP contribution in [0.5, 0.6) is 0 Å². The number of fused-ring (bicyclic) bond motifs is 1. The quantitative estimate of drug-likeness (QED) is 0.757. The van der Waals surface area contributed by atoms with E-state index in [1.54, 1.807) is 6.92 Å². The molecule has 0 saturated carbocycles. The number of carbonyl (C=O) groups is 2. The van der Waals surface area contributed by atoms with Gasteiger partial charge in [0.1, 0.15) is 6.04 Å². The average molecular weight is 307 g/mol. The van der Waals surface area contributed by atoms with Crippen LogP contribution in [0.25, 0.3) is 5.65 Å². The Labute approximate surface area is 126 Å². The summed E-state index contributed by atoms with van der Waals surface area (Å²) in [5, 5.41) is 14.0. The molecular formula is C13H17N5O2S. The fourth-order valence-corrected chi connectivity index (χ4v) is 2.46. The lowest BCUT2D eigenvalue weighted by molar-refractivity contribution is -0.127. The van der Waals surface area contributed by atoms with Gasteiger partial charge in [0.15, 0.2) is 10.8 Å². The van der Waals surface area contributed by atoms with Gasteiger partial charge in [-0.05, 0) is 26.0 Å². The predicted octanol–water partition coefficient (Wildman–Crippen LogP) is 0.462. The van der Waals surface area contributed by atoms with Crippen LogP contribution in [0.15, 0.2) is 29.6 Å². The summed E-state index contributed by atoms with van der Waals surface area (Å²) in [5.41, 5.74) is 0.732. The van der Waals surface area contributed by atoms with Crippen molar-refractivity contribution in [3.63, 3.8) is 0 Å². The molecule has 0 aliphatic rings. The summed E-state index contributed by atoms with van der Waals surface area (Å²) in [7, 11) is 0. The molecule has 0 aliphatic carbocycles. The predicted molar refractivity (Wildman–Crippen MR) is 80.0 cm³/mol. The highest BCUT2D eigenvalue weighted by Crippen LogP contribution is 2.16. The van der Waals surface area contributed by atoms with E-state index in [4.69, 9.17) is 0 Å². The molecule has 0 bridgehead atoms. The van der Waals surface area contributed by atoms with E-state index in [0.717, 1.165) is 5.65 Å². The van der Waals surface area contributed by atoms with Crippen LogP contribution in [0, 0.1) is 0 Å². The standard InChI is InChI=1S/C13H17N5O2S/c1-3-14-12(20)9(2)15-11(19)8-21-13-17-16-10-6-4-5-7-18(10)13/h4-7,9H,3,8H2,1-2H3,(H,14,20)(H,15,19)/t9-/m1/s1. The molecule has 21 heavy (non-hydrogen) atoms. The fraction of sp³-hybridized carbons (Fsp3) is 0.385. The minimum atomic E-state index is -0.548. The Balaban J connectivity index is 1.88. The molecule has 1 atom stereocenters. The molecule has 0 spiro atoms. The first-order chi connectivity index (χ1) is 10.1. The zero-order valence-electron chi connectivity index (χ0n) is 11.9. The second-order valence-corrected chi connectivity index (χ2v) is 5.33. The summed E-state index contributed by atoms with van der Waals surface area (Å²) >= 11 is 1.28. The zero-order chi connectivity index (χ0) is 15.2. The first kappa shape index (κ1) is 15.3. The van der Waals surface area contributed by atoms with E-state index in [1.165, 1.54) is 11.8 Å². The summed E-state index contributed by atoms with van der Waals surface area (Å²) in [6.07, 6.45) is 1.84. The van der Waals surface area contributed by atoms with Gasteiger partial charge in [-0.15, -0.1) is 10.2 Å². The molecule has 0 unspecified atom stereocenters. The highest BCUT2D eigenvalue weighted by Gasteiger charge is 2.15. The Morgan fingerprint density at radius 3 is 2.95 bits per heavy atom.